The van der Waals surface area contributed by atoms with Crippen LogP contribution in [0.3, 0.4) is 0 Å². The van der Waals surface area contributed by atoms with E-state index < -0.39 is 0 Å². The summed E-state index contributed by atoms with van der Waals surface area (Å²) in [4.78, 5) is 16.7. The number of hydrogen-bond acceptors (Lipinski definition) is 4. The molecular formula is C20H20N2O3. The van der Waals surface area contributed by atoms with E-state index in [0.717, 1.165) is 22.2 Å². The lowest BCUT2D eigenvalue weighted by molar-refractivity contribution is -0.116. The molecule has 128 valence electrons. The average molecular weight is 336 g/mol. The molecule has 0 bridgehead atoms. The molecule has 1 aromatic heterocycles. The van der Waals surface area contributed by atoms with Gasteiger partial charge in [-0.15, -0.1) is 0 Å². The molecule has 0 fully saturated rings. The zero-order valence-electron chi connectivity index (χ0n) is 14.3. The van der Waals surface area contributed by atoms with Crippen molar-refractivity contribution in [3.05, 3.63) is 60.3 Å². The molecule has 0 spiro atoms. The van der Waals surface area contributed by atoms with Crippen molar-refractivity contribution in [3.63, 3.8) is 0 Å². The van der Waals surface area contributed by atoms with Crippen LogP contribution in [0.5, 0.6) is 11.5 Å². The highest BCUT2D eigenvalue weighted by Gasteiger charge is 2.09. The van der Waals surface area contributed by atoms with Crippen molar-refractivity contribution in [2.75, 3.05) is 19.5 Å². The first-order valence-corrected chi connectivity index (χ1v) is 8.05. The second-order valence-corrected chi connectivity index (χ2v) is 5.65. The third-order valence-electron chi connectivity index (χ3n) is 3.99. The van der Waals surface area contributed by atoms with Crippen LogP contribution in [-0.4, -0.2) is 25.1 Å². The van der Waals surface area contributed by atoms with E-state index in [9.17, 15) is 4.79 Å². The number of pyridine rings is 1. The first-order chi connectivity index (χ1) is 12.2. The SMILES string of the molecule is COc1ccc(CCC(=O)Nc2cc(OC)cc3cccnc23)cc1. The summed E-state index contributed by atoms with van der Waals surface area (Å²) in [6, 6.07) is 15.2. The molecule has 0 atom stereocenters. The number of carbonyl (C=O) groups excluding carboxylic acids is 1. The maximum Gasteiger partial charge on any atom is 0.224 e. The lowest BCUT2D eigenvalue weighted by Crippen LogP contribution is -2.13. The molecule has 0 radical (unpaired) electrons. The number of rotatable bonds is 6. The van der Waals surface area contributed by atoms with Crippen molar-refractivity contribution >= 4 is 22.5 Å². The molecule has 0 aliphatic carbocycles. The minimum atomic E-state index is -0.0592. The molecular weight excluding hydrogens is 316 g/mol. The van der Waals surface area contributed by atoms with E-state index in [1.54, 1.807) is 26.5 Å². The van der Waals surface area contributed by atoms with E-state index in [4.69, 9.17) is 9.47 Å². The van der Waals surface area contributed by atoms with Crippen LogP contribution in [-0.2, 0) is 11.2 Å². The third-order valence-corrected chi connectivity index (χ3v) is 3.99. The minimum absolute atomic E-state index is 0.0592. The molecule has 3 rings (SSSR count). The van der Waals surface area contributed by atoms with Crippen molar-refractivity contribution < 1.29 is 14.3 Å². The molecule has 5 heteroatoms. The van der Waals surface area contributed by atoms with E-state index in [1.165, 1.54) is 0 Å². The fourth-order valence-corrected chi connectivity index (χ4v) is 2.64. The summed E-state index contributed by atoms with van der Waals surface area (Å²) in [5, 5.41) is 3.87. The van der Waals surface area contributed by atoms with Crippen LogP contribution in [0.15, 0.2) is 54.7 Å². The Hall–Kier alpha value is -3.08. The fraction of sp³-hybridized carbons (Fsp3) is 0.200. The Balaban J connectivity index is 1.70. The molecule has 5 nitrogen and oxygen atoms in total. The molecule has 25 heavy (non-hydrogen) atoms. The summed E-state index contributed by atoms with van der Waals surface area (Å²) in [5.74, 6) is 1.43. The maximum absolute atomic E-state index is 12.3. The van der Waals surface area contributed by atoms with Gasteiger partial charge in [0.15, 0.2) is 0 Å². The summed E-state index contributed by atoms with van der Waals surface area (Å²) in [6.07, 6.45) is 2.75. The summed E-state index contributed by atoms with van der Waals surface area (Å²) >= 11 is 0. The van der Waals surface area contributed by atoms with Crippen LogP contribution in [0.1, 0.15) is 12.0 Å². The normalized spacial score (nSPS) is 10.5. The van der Waals surface area contributed by atoms with Crippen molar-refractivity contribution in [2.45, 2.75) is 12.8 Å². The number of anilines is 1. The van der Waals surface area contributed by atoms with Gasteiger partial charge in [-0.2, -0.15) is 0 Å². The highest BCUT2D eigenvalue weighted by Crippen LogP contribution is 2.27. The zero-order chi connectivity index (χ0) is 17.6. The number of nitrogens with one attached hydrogen (secondary N) is 1. The first-order valence-electron chi connectivity index (χ1n) is 8.05. The van der Waals surface area contributed by atoms with Gasteiger partial charge in [-0.25, -0.2) is 0 Å². The Labute approximate surface area is 146 Å². The molecule has 0 saturated carbocycles. The molecule has 0 aliphatic rings. The number of carbonyl (C=O) groups is 1. The number of nitrogens with zero attached hydrogens (tertiary/aromatic N) is 1. The number of amides is 1. The first kappa shape index (κ1) is 16.8. The number of hydrogen-bond donors (Lipinski definition) is 1. The number of ether oxygens (including phenoxy) is 2. The van der Waals surface area contributed by atoms with Gasteiger partial charge in [0.2, 0.25) is 5.91 Å². The highest BCUT2D eigenvalue weighted by atomic mass is 16.5. The zero-order valence-corrected chi connectivity index (χ0v) is 14.3. The Kier molecular flexibility index (Phi) is 5.14. The smallest absolute Gasteiger partial charge is 0.224 e. The van der Waals surface area contributed by atoms with E-state index in [1.807, 2.05) is 42.5 Å². The predicted molar refractivity (Wildman–Crippen MR) is 98.2 cm³/mol. The number of aryl methyl sites for hydroxylation is 1. The Morgan fingerprint density at radius 2 is 1.80 bits per heavy atom. The second kappa shape index (κ2) is 7.66. The fourth-order valence-electron chi connectivity index (χ4n) is 2.64. The van der Waals surface area contributed by atoms with Crippen molar-refractivity contribution in [1.29, 1.82) is 0 Å². The monoisotopic (exact) mass is 336 g/mol. The molecule has 0 saturated heterocycles. The van der Waals surface area contributed by atoms with E-state index in [-0.39, 0.29) is 5.91 Å². The van der Waals surface area contributed by atoms with Gasteiger partial charge in [-0.05, 0) is 36.2 Å². The second-order valence-electron chi connectivity index (χ2n) is 5.65. The number of methoxy groups -OCH3 is 2. The number of benzene rings is 2. The van der Waals surface area contributed by atoms with Gasteiger partial charge >= 0.3 is 0 Å². The Bertz CT molecular complexity index is 876. The average Bonchev–Trinajstić information content (AvgIpc) is 2.66. The summed E-state index contributed by atoms with van der Waals surface area (Å²) in [7, 11) is 3.24. The van der Waals surface area contributed by atoms with Crippen molar-refractivity contribution in [3.8, 4) is 11.5 Å². The van der Waals surface area contributed by atoms with Crippen molar-refractivity contribution in [1.82, 2.24) is 4.98 Å². The Morgan fingerprint density at radius 3 is 2.52 bits per heavy atom. The molecule has 1 N–H and O–H groups in total. The minimum Gasteiger partial charge on any atom is -0.497 e. The largest absolute Gasteiger partial charge is 0.497 e. The van der Waals surface area contributed by atoms with Gasteiger partial charge in [-0.1, -0.05) is 18.2 Å². The van der Waals surface area contributed by atoms with Crippen LogP contribution >= 0.6 is 0 Å². The van der Waals surface area contributed by atoms with E-state index >= 15 is 0 Å². The number of aromatic nitrogens is 1. The van der Waals surface area contributed by atoms with Gasteiger partial charge in [0.05, 0.1) is 25.4 Å². The molecule has 0 unspecified atom stereocenters. The summed E-state index contributed by atoms with van der Waals surface area (Å²) < 4.78 is 10.4. The lowest BCUT2D eigenvalue weighted by Gasteiger charge is -2.10. The molecule has 1 heterocycles. The van der Waals surface area contributed by atoms with Gasteiger partial charge < -0.3 is 14.8 Å². The van der Waals surface area contributed by atoms with Crippen LogP contribution in [0.2, 0.25) is 0 Å². The molecule has 1 amide bonds. The van der Waals surface area contributed by atoms with Crippen LogP contribution in [0.4, 0.5) is 5.69 Å². The van der Waals surface area contributed by atoms with E-state index in [2.05, 4.69) is 10.3 Å². The standard InChI is InChI=1S/C20H20N2O3/c1-24-16-8-5-14(6-9-16)7-10-19(23)22-18-13-17(25-2)12-15-4-3-11-21-20(15)18/h3-6,8-9,11-13H,7,10H2,1-2H3,(H,22,23). The predicted octanol–water partition coefficient (Wildman–Crippen LogP) is 3.82. The number of fused-ring (bicyclic) bond motifs is 1. The maximum atomic E-state index is 12.3. The van der Waals surface area contributed by atoms with Crippen LogP contribution in [0, 0.1) is 0 Å². The van der Waals surface area contributed by atoms with Crippen LogP contribution < -0.4 is 14.8 Å². The van der Waals surface area contributed by atoms with Gasteiger partial charge in [0.25, 0.3) is 0 Å². The summed E-state index contributed by atoms with van der Waals surface area (Å²) in [6.45, 7) is 0. The molecule has 0 aliphatic heterocycles. The molecule has 3 aromatic rings. The Morgan fingerprint density at radius 1 is 1.04 bits per heavy atom. The third kappa shape index (κ3) is 4.07. The summed E-state index contributed by atoms with van der Waals surface area (Å²) in [5.41, 5.74) is 2.50. The van der Waals surface area contributed by atoms with Gasteiger partial charge in [-0.3, -0.25) is 9.78 Å². The highest BCUT2D eigenvalue weighted by molar-refractivity contribution is 6.01. The van der Waals surface area contributed by atoms with Gasteiger partial charge in [0.1, 0.15) is 11.5 Å². The topological polar surface area (TPSA) is 60.5 Å². The van der Waals surface area contributed by atoms with Crippen molar-refractivity contribution in [2.24, 2.45) is 0 Å². The van der Waals surface area contributed by atoms with Crippen LogP contribution in [0.25, 0.3) is 10.9 Å². The van der Waals surface area contributed by atoms with E-state index in [0.29, 0.717) is 24.3 Å². The lowest BCUT2D eigenvalue weighted by atomic mass is 10.1. The van der Waals surface area contributed by atoms with Gasteiger partial charge in [0, 0.05) is 24.1 Å². The quantitative estimate of drug-likeness (QED) is 0.743. The molecule has 2 aromatic carbocycles.